The van der Waals surface area contributed by atoms with Crippen molar-refractivity contribution in [2.75, 3.05) is 7.11 Å². The minimum Gasteiger partial charge on any atom is -0.486 e. The molecule has 2 aromatic rings. The lowest BCUT2D eigenvalue weighted by molar-refractivity contribution is 0.0561. The zero-order chi connectivity index (χ0) is 13.0. The highest BCUT2D eigenvalue weighted by molar-refractivity contribution is 9.10. The van der Waals surface area contributed by atoms with Gasteiger partial charge in [-0.15, -0.1) is 0 Å². The van der Waals surface area contributed by atoms with E-state index in [0.29, 0.717) is 5.76 Å². The molecule has 2 rings (SSSR count). The smallest absolute Gasteiger partial charge is 0.373 e. The zero-order valence-electron chi connectivity index (χ0n) is 9.68. The molecule has 1 aromatic carbocycles. The summed E-state index contributed by atoms with van der Waals surface area (Å²) in [6.45, 7) is 0.257. The van der Waals surface area contributed by atoms with E-state index in [1.165, 1.54) is 7.11 Å². The van der Waals surface area contributed by atoms with Crippen molar-refractivity contribution in [2.24, 2.45) is 0 Å². The van der Waals surface area contributed by atoms with Gasteiger partial charge in [-0.2, -0.15) is 0 Å². The van der Waals surface area contributed by atoms with Gasteiger partial charge in [-0.3, -0.25) is 0 Å². The van der Waals surface area contributed by atoms with Gasteiger partial charge < -0.3 is 13.9 Å². The molecule has 0 saturated heterocycles. The van der Waals surface area contributed by atoms with Crippen LogP contribution in [0.15, 0.2) is 45.3 Å². The highest BCUT2D eigenvalue weighted by atomic mass is 79.9. The Hall–Kier alpha value is -1.75. The van der Waals surface area contributed by atoms with Crippen LogP contribution in [0.2, 0.25) is 0 Å². The molecule has 0 saturated carbocycles. The predicted molar refractivity (Wildman–Crippen MR) is 68.5 cm³/mol. The molecule has 0 atom stereocenters. The second-order valence-corrected chi connectivity index (χ2v) is 4.42. The number of esters is 1. The van der Waals surface area contributed by atoms with Gasteiger partial charge in [0, 0.05) is 4.47 Å². The number of halogens is 1. The van der Waals surface area contributed by atoms with Crippen LogP contribution in [0.1, 0.15) is 16.3 Å². The minimum absolute atomic E-state index is 0.172. The minimum atomic E-state index is -0.497. The number of carbonyl (C=O) groups excluding carboxylic acids is 1. The first-order chi connectivity index (χ1) is 8.69. The molecule has 1 aromatic heterocycles. The number of methoxy groups -OCH3 is 1. The predicted octanol–water partition coefficient (Wildman–Crippen LogP) is 3.41. The number of furan rings is 1. The molecular formula is C13H11BrO4. The molecule has 0 fully saturated rings. The van der Waals surface area contributed by atoms with Crippen LogP contribution in [-0.2, 0) is 11.3 Å². The molecule has 5 heteroatoms. The van der Waals surface area contributed by atoms with E-state index in [9.17, 15) is 4.79 Å². The molecule has 1 heterocycles. The molecule has 0 aliphatic rings. The first-order valence-corrected chi connectivity index (χ1v) is 6.04. The van der Waals surface area contributed by atoms with Gasteiger partial charge in [0.25, 0.3) is 0 Å². The number of ether oxygens (including phenoxy) is 2. The van der Waals surface area contributed by atoms with Gasteiger partial charge in [-0.25, -0.2) is 4.79 Å². The summed E-state index contributed by atoms with van der Waals surface area (Å²) < 4.78 is 16.3. The molecular weight excluding hydrogens is 300 g/mol. The first-order valence-electron chi connectivity index (χ1n) is 5.24. The van der Waals surface area contributed by atoms with Crippen molar-refractivity contribution in [2.45, 2.75) is 6.61 Å². The average molecular weight is 311 g/mol. The van der Waals surface area contributed by atoms with Gasteiger partial charge in [0.1, 0.15) is 18.1 Å². The fourth-order valence-corrected chi connectivity index (χ4v) is 1.76. The van der Waals surface area contributed by atoms with Gasteiger partial charge in [0.05, 0.1) is 7.11 Å². The fourth-order valence-electron chi connectivity index (χ4n) is 1.38. The van der Waals surface area contributed by atoms with E-state index in [1.54, 1.807) is 12.1 Å². The van der Waals surface area contributed by atoms with Crippen molar-refractivity contribution in [1.29, 1.82) is 0 Å². The summed E-state index contributed by atoms with van der Waals surface area (Å²) in [6.07, 6.45) is 0. The molecule has 0 N–H and O–H groups in total. The van der Waals surface area contributed by atoms with E-state index in [4.69, 9.17) is 9.15 Å². The maximum absolute atomic E-state index is 11.2. The van der Waals surface area contributed by atoms with E-state index in [1.807, 2.05) is 24.3 Å². The summed E-state index contributed by atoms with van der Waals surface area (Å²) in [5, 5.41) is 0. The molecule has 0 bridgehead atoms. The Labute approximate surface area is 113 Å². The van der Waals surface area contributed by atoms with E-state index >= 15 is 0 Å². The van der Waals surface area contributed by atoms with Crippen LogP contribution in [0, 0.1) is 0 Å². The van der Waals surface area contributed by atoms with E-state index in [-0.39, 0.29) is 12.4 Å². The fraction of sp³-hybridized carbons (Fsp3) is 0.154. The monoisotopic (exact) mass is 310 g/mol. The van der Waals surface area contributed by atoms with Gasteiger partial charge in [-0.1, -0.05) is 22.0 Å². The lowest BCUT2D eigenvalue weighted by atomic mass is 10.3. The van der Waals surface area contributed by atoms with E-state index in [0.717, 1.165) is 10.2 Å². The van der Waals surface area contributed by atoms with Gasteiger partial charge in [0.15, 0.2) is 0 Å². The third kappa shape index (κ3) is 3.13. The standard InChI is InChI=1S/C13H11BrO4/c1-16-13(15)12-6-5-11(18-12)8-17-10-4-2-3-9(14)7-10/h2-7H,8H2,1H3. The molecule has 0 amide bonds. The molecule has 0 radical (unpaired) electrons. The molecule has 94 valence electrons. The molecule has 0 aliphatic carbocycles. The largest absolute Gasteiger partial charge is 0.486 e. The van der Waals surface area contributed by atoms with Crippen LogP contribution < -0.4 is 4.74 Å². The molecule has 0 aliphatic heterocycles. The third-order valence-corrected chi connectivity index (χ3v) is 2.72. The maximum Gasteiger partial charge on any atom is 0.373 e. The molecule has 0 spiro atoms. The number of benzene rings is 1. The lowest BCUT2D eigenvalue weighted by Crippen LogP contribution is -1.99. The summed E-state index contributed by atoms with van der Waals surface area (Å²) in [5.41, 5.74) is 0. The lowest BCUT2D eigenvalue weighted by Gasteiger charge is -2.04. The topological polar surface area (TPSA) is 48.7 Å². The highest BCUT2D eigenvalue weighted by Gasteiger charge is 2.11. The first kappa shape index (κ1) is 12.7. The highest BCUT2D eigenvalue weighted by Crippen LogP contribution is 2.19. The summed E-state index contributed by atoms with van der Waals surface area (Å²) in [5.74, 6) is 0.963. The van der Waals surface area contributed by atoms with Crippen molar-refractivity contribution in [3.63, 3.8) is 0 Å². The van der Waals surface area contributed by atoms with E-state index < -0.39 is 5.97 Å². The summed E-state index contributed by atoms with van der Waals surface area (Å²) in [6, 6.07) is 10.7. The maximum atomic E-state index is 11.2. The quantitative estimate of drug-likeness (QED) is 0.812. The zero-order valence-corrected chi connectivity index (χ0v) is 11.3. The number of hydrogen-bond donors (Lipinski definition) is 0. The summed E-state index contributed by atoms with van der Waals surface area (Å²) in [7, 11) is 1.31. The second kappa shape index (κ2) is 5.73. The van der Waals surface area contributed by atoms with Gasteiger partial charge in [0.2, 0.25) is 5.76 Å². The Morgan fingerprint density at radius 1 is 1.33 bits per heavy atom. The molecule has 0 unspecified atom stereocenters. The SMILES string of the molecule is COC(=O)c1ccc(COc2cccc(Br)c2)o1. The average Bonchev–Trinajstić information content (AvgIpc) is 2.84. The Bertz CT molecular complexity index is 547. The number of rotatable bonds is 4. The van der Waals surface area contributed by atoms with Crippen LogP contribution in [0.4, 0.5) is 0 Å². The number of hydrogen-bond acceptors (Lipinski definition) is 4. The Kier molecular flexibility index (Phi) is 4.04. The van der Waals surface area contributed by atoms with Crippen molar-refractivity contribution < 1.29 is 18.7 Å². The summed E-state index contributed by atoms with van der Waals surface area (Å²) >= 11 is 3.36. The van der Waals surface area contributed by atoms with Crippen LogP contribution in [0.25, 0.3) is 0 Å². The third-order valence-electron chi connectivity index (χ3n) is 2.23. The summed E-state index contributed by atoms with van der Waals surface area (Å²) in [4.78, 5) is 11.2. The van der Waals surface area contributed by atoms with Crippen LogP contribution in [0.5, 0.6) is 5.75 Å². The second-order valence-electron chi connectivity index (χ2n) is 3.50. The van der Waals surface area contributed by atoms with Gasteiger partial charge in [-0.05, 0) is 30.3 Å². The molecule has 18 heavy (non-hydrogen) atoms. The number of carbonyl (C=O) groups is 1. The van der Waals surface area contributed by atoms with Crippen molar-refractivity contribution in [3.05, 3.63) is 52.4 Å². The van der Waals surface area contributed by atoms with E-state index in [2.05, 4.69) is 20.7 Å². The Morgan fingerprint density at radius 2 is 2.17 bits per heavy atom. The van der Waals surface area contributed by atoms with Crippen molar-refractivity contribution in [1.82, 2.24) is 0 Å². The van der Waals surface area contributed by atoms with Crippen molar-refractivity contribution in [3.8, 4) is 5.75 Å². The van der Waals surface area contributed by atoms with Crippen LogP contribution >= 0.6 is 15.9 Å². The van der Waals surface area contributed by atoms with Crippen LogP contribution in [0.3, 0.4) is 0 Å². The van der Waals surface area contributed by atoms with Crippen molar-refractivity contribution >= 4 is 21.9 Å². The Balaban J connectivity index is 1.98. The van der Waals surface area contributed by atoms with Crippen LogP contribution in [-0.4, -0.2) is 13.1 Å². The van der Waals surface area contributed by atoms with Gasteiger partial charge >= 0.3 is 5.97 Å². The molecule has 4 nitrogen and oxygen atoms in total. The normalized spacial score (nSPS) is 10.1. The Morgan fingerprint density at radius 3 is 2.89 bits per heavy atom.